The second kappa shape index (κ2) is 9.27. The van der Waals surface area contributed by atoms with E-state index in [0.29, 0.717) is 0 Å². The first kappa shape index (κ1) is 23.5. The molecule has 1 aliphatic carbocycles. The third-order valence-electron chi connectivity index (χ3n) is 6.35. The van der Waals surface area contributed by atoms with Gasteiger partial charge < -0.3 is 19.5 Å². The summed E-state index contributed by atoms with van der Waals surface area (Å²) >= 11 is 12.7. The normalized spacial score (nSPS) is 20.5. The largest absolute Gasteiger partial charge is 0.507 e. The molecule has 0 aromatic heterocycles. The summed E-state index contributed by atoms with van der Waals surface area (Å²) in [4.78, 5) is 28.2. The number of likely N-dealkylation sites (tertiary alicyclic amines) is 1. The first-order valence-electron chi connectivity index (χ1n) is 10.8. The lowest BCUT2D eigenvalue weighted by atomic mass is 9.93. The third kappa shape index (κ3) is 3.96. The van der Waals surface area contributed by atoms with Crippen molar-refractivity contribution < 1.29 is 24.2 Å². The van der Waals surface area contributed by atoms with Crippen LogP contribution in [0.4, 0.5) is 0 Å². The van der Waals surface area contributed by atoms with E-state index < -0.39 is 17.7 Å². The first-order chi connectivity index (χ1) is 15.8. The molecule has 33 heavy (non-hydrogen) atoms. The minimum Gasteiger partial charge on any atom is -0.507 e. The molecule has 2 fully saturated rings. The van der Waals surface area contributed by atoms with Gasteiger partial charge in [-0.2, -0.15) is 0 Å². The summed E-state index contributed by atoms with van der Waals surface area (Å²) < 4.78 is 10.7. The molecule has 6 nitrogen and oxygen atoms in total. The van der Waals surface area contributed by atoms with Gasteiger partial charge in [-0.15, -0.1) is 0 Å². The maximum absolute atomic E-state index is 13.3. The second-order valence-electron chi connectivity index (χ2n) is 8.35. The Bertz CT molecular complexity index is 1150. The fraction of sp³-hybridized carbons (Fsp3) is 0.360. The number of hydrogen-bond donors (Lipinski definition) is 1. The molecule has 1 N–H and O–H groups in total. The first-order valence-corrected chi connectivity index (χ1v) is 11.5. The lowest BCUT2D eigenvalue weighted by Crippen LogP contribution is -2.37. The maximum Gasteiger partial charge on any atom is 0.295 e. The van der Waals surface area contributed by atoms with Gasteiger partial charge in [0.05, 0.1) is 36.4 Å². The average Bonchev–Trinajstić information content (AvgIpc) is 3.40. The molecule has 1 unspecified atom stereocenters. The molecule has 2 aromatic rings. The Labute approximate surface area is 202 Å². The van der Waals surface area contributed by atoms with Crippen molar-refractivity contribution >= 4 is 40.7 Å². The molecule has 1 aliphatic heterocycles. The number of aliphatic hydroxyl groups excluding tert-OH is 1. The molecule has 1 atom stereocenters. The maximum atomic E-state index is 13.3. The number of hydrogen-bond acceptors (Lipinski definition) is 5. The van der Waals surface area contributed by atoms with Crippen molar-refractivity contribution in [3.63, 3.8) is 0 Å². The van der Waals surface area contributed by atoms with Crippen LogP contribution in [-0.4, -0.2) is 42.0 Å². The van der Waals surface area contributed by atoms with Crippen LogP contribution >= 0.6 is 23.2 Å². The summed E-state index contributed by atoms with van der Waals surface area (Å²) in [6.45, 7) is 1.94. The highest BCUT2D eigenvalue weighted by atomic mass is 35.5. The van der Waals surface area contributed by atoms with E-state index in [2.05, 4.69) is 0 Å². The molecule has 0 radical (unpaired) electrons. The highest BCUT2D eigenvalue weighted by Gasteiger charge is 2.49. The fourth-order valence-electron chi connectivity index (χ4n) is 4.87. The van der Waals surface area contributed by atoms with Gasteiger partial charge in [-0.05, 0) is 31.4 Å². The van der Waals surface area contributed by atoms with Crippen LogP contribution in [0.15, 0.2) is 35.9 Å². The van der Waals surface area contributed by atoms with Crippen LogP contribution in [-0.2, 0) is 9.59 Å². The Kier molecular flexibility index (Phi) is 6.59. The van der Waals surface area contributed by atoms with Crippen molar-refractivity contribution in [1.29, 1.82) is 0 Å². The van der Waals surface area contributed by atoms with Gasteiger partial charge in [0.2, 0.25) is 0 Å². The number of Topliss-reactive ketones (excluding diaryl/α,β-unsaturated/α-hetero) is 1. The number of amides is 1. The smallest absolute Gasteiger partial charge is 0.295 e. The van der Waals surface area contributed by atoms with Gasteiger partial charge in [0, 0.05) is 6.04 Å². The van der Waals surface area contributed by atoms with Crippen LogP contribution in [0.1, 0.15) is 48.4 Å². The van der Waals surface area contributed by atoms with Gasteiger partial charge in [-0.3, -0.25) is 9.59 Å². The number of ether oxygens (including phenoxy) is 2. The number of nitrogens with zero attached hydrogens (tertiary/aromatic N) is 1. The average molecular weight is 490 g/mol. The number of aliphatic hydroxyl groups is 1. The zero-order valence-corrected chi connectivity index (χ0v) is 20.2. The number of halogens is 2. The Morgan fingerprint density at radius 1 is 1.06 bits per heavy atom. The van der Waals surface area contributed by atoms with E-state index in [9.17, 15) is 14.7 Å². The quantitative estimate of drug-likeness (QED) is 0.332. The number of rotatable bonds is 5. The number of carbonyl (C=O) groups is 2. The van der Waals surface area contributed by atoms with Crippen molar-refractivity contribution in [3.05, 3.63) is 62.6 Å². The van der Waals surface area contributed by atoms with Crippen molar-refractivity contribution in [2.75, 3.05) is 14.2 Å². The topological polar surface area (TPSA) is 76.1 Å². The molecular weight excluding hydrogens is 465 g/mol. The number of ketones is 1. The minimum atomic E-state index is -0.740. The molecule has 1 amide bonds. The minimum absolute atomic E-state index is 0.00639. The van der Waals surface area contributed by atoms with Crippen LogP contribution in [0.2, 0.25) is 10.0 Å². The number of aryl methyl sites for hydroxylation is 1. The van der Waals surface area contributed by atoms with Crippen molar-refractivity contribution in [1.82, 2.24) is 4.90 Å². The summed E-state index contributed by atoms with van der Waals surface area (Å²) in [5.74, 6) is -1.45. The standard InChI is InChI=1S/C25H25Cl2NO5/c1-13-7-6-8-14(11-13)20-18(22(30)25(31)28(20)15-9-4-5-10-15)21(29)16-12-17(26)24(33-3)19(27)23(16)32-2/h6-8,11-12,15,20,29H,4-5,9-10H2,1-3H3/b21-18+. The van der Waals surface area contributed by atoms with Crippen LogP contribution in [0.3, 0.4) is 0 Å². The Balaban J connectivity index is 1.97. The van der Waals surface area contributed by atoms with Crippen LogP contribution in [0.5, 0.6) is 11.5 Å². The molecule has 1 saturated carbocycles. The number of benzene rings is 2. The molecule has 2 aromatic carbocycles. The highest BCUT2D eigenvalue weighted by Crippen LogP contribution is 2.48. The van der Waals surface area contributed by atoms with E-state index in [1.807, 2.05) is 31.2 Å². The van der Waals surface area contributed by atoms with Crippen molar-refractivity contribution in [2.45, 2.75) is 44.7 Å². The molecule has 8 heteroatoms. The Hall–Kier alpha value is -2.70. The summed E-state index contributed by atoms with van der Waals surface area (Å²) in [6, 6.07) is 8.25. The van der Waals surface area contributed by atoms with E-state index in [1.165, 1.54) is 20.3 Å². The molecule has 1 saturated heterocycles. The predicted molar refractivity (Wildman–Crippen MR) is 127 cm³/mol. The zero-order chi connectivity index (χ0) is 23.9. The summed E-state index contributed by atoms with van der Waals surface area (Å²) in [5.41, 5.74) is 1.86. The highest BCUT2D eigenvalue weighted by molar-refractivity contribution is 6.47. The Morgan fingerprint density at radius 3 is 2.33 bits per heavy atom. The second-order valence-corrected chi connectivity index (χ2v) is 9.13. The van der Waals surface area contributed by atoms with E-state index >= 15 is 0 Å². The summed E-state index contributed by atoms with van der Waals surface area (Å²) in [6.07, 6.45) is 3.62. The Morgan fingerprint density at radius 2 is 1.73 bits per heavy atom. The van der Waals surface area contributed by atoms with Crippen LogP contribution < -0.4 is 9.47 Å². The molecule has 4 rings (SSSR count). The molecule has 1 heterocycles. The lowest BCUT2D eigenvalue weighted by Gasteiger charge is -2.31. The summed E-state index contributed by atoms with van der Waals surface area (Å²) in [7, 11) is 2.80. The summed E-state index contributed by atoms with van der Waals surface area (Å²) in [5, 5.41) is 11.6. The van der Waals surface area contributed by atoms with Crippen molar-refractivity contribution in [2.24, 2.45) is 0 Å². The molecule has 0 spiro atoms. The SMILES string of the molecule is COc1c(Cl)cc(/C(O)=C2\C(=O)C(=O)N(C3CCCC3)C2c2cccc(C)c2)c(OC)c1Cl. The van der Waals surface area contributed by atoms with Crippen LogP contribution in [0, 0.1) is 6.92 Å². The lowest BCUT2D eigenvalue weighted by molar-refractivity contribution is -0.141. The van der Waals surface area contributed by atoms with Gasteiger partial charge in [-0.25, -0.2) is 0 Å². The fourth-order valence-corrected chi connectivity index (χ4v) is 5.56. The molecular formula is C25H25Cl2NO5. The van der Waals surface area contributed by atoms with E-state index in [1.54, 1.807) is 4.90 Å². The predicted octanol–water partition coefficient (Wildman–Crippen LogP) is 5.68. The zero-order valence-electron chi connectivity index (χ0n) is 18.7. The van der Waals surface area contributed by atoms with Gasteiger partial charge in [-0.1, -0.05) is 65.9 Å². The van der Waals surface area contributed by atoms with Gasteiger partial charge in [0.25, 0.3) is 11.7 Å². The van der Waals surface area contributed by atoms with E-state index in [0.717, 1.165) is 36.8 Å². The van der Waals surface area contributed by atoms with Gasteiger partial charge in [0.15, 0.2) is 11.5 Å². The monoisotopic (exact) mass is 489 g/mol. The van der Waals surface area contributed by atoms with Gasteiger partial charge in [0.1, 0.15) is 10.8 Å². The van der Waals surface area contributed by atoms with Gasteiger partial charge >= 0.3 is 0 Å². The molecule has 174 valence electrons. The molecule has 0 bridgehead atoms. The number of carbonyl (C=O) groups excluding carboxylic acids is 2. The van der Waals surface area contributed by atoms with E-state index in [4.69, 9.17) is 32.7 Å². The number of methoxy groups -OCH3 is 2. The van der Waals surface area contributed by atoms with Crippen molar-refractivity contribution in [3.8, 4) is 11.5 Å². The van der Waals surface area contributed by atoms with Crippen LogP contribution in [0.25, 0.3) is 5.76 Å². The van der Waals surface area contributed by atoms with E-state index in [-0.39, 0.29) is 44.5 Å². The molecule has 2 aliphatic rings. The third-order valence-corrected chi connectivity index (χ3v) is 6.97.